The maximum absolute atomic E-state index is 13.5. The number of nitrogens with zero attached hydrogens (tertiary/aromatic N) is 3. The smallest absolute Gasteiger partial charge is 0.323 e. The first-order chi connectivity index (χ1) is 16.9. The molecule has 1 aliphatic heterocycles. The summed E-state index contributed by atoms with van der Waals surface area (Å²) < 4.78 is 29.8. The molecule has 9 nitrogen and oxygen atoms in total. The number of carbonyl (C=O) groups is 1. The molecule has 0 saturated carbocycles. The number of ether oxygens (including phenoxy) is 3. The van der Waals surface area contributed by atoms with Crippen molar-refractivity contribution in [2.24, 2.45) is 0 Å². The predicted molar refractivity (Wildman–Crippen MR) is 129 cm³/mol. The number of hydrogen-bond donors (Lipinski definition) is 2. The number of aliphatic hydroxyl groups is 1. The van der Waals surface area contributed by atoms with Crippen LogP contribution in [0.4, 0.5) is 15.9 Å². The van der Waals surface area contributed by atoms with Gasteiger partial charge in [-0.3, -0.25) is 9.69 Å². The first-order valence-corrected chi connectivity index (χ1v) is 11.4. The maximum atomic E-state index is 13.5. The first-order valence-electron chi connectivity index (χ1n) is 11.1. The molecule has 0 radical (unpaired) electrons. The number of halogens is 2. The van der Waals surface area contributed by atoms with Gasteiger partial charge in [-0.15, -0.1) is 0 Å². The van der Waals surface area contributed by atoms with E-state index in [1.807, 2.05) is 4.90 Å². The zero-order chi connectivity index (χ0) is 24.9. The van der Waals surface area contributed by atoms with Crippen LogP contribution in [0.25, 0.3) is 10.9 Å². The number of benzene rings is 2. The van der Waals surface area contributed by atoms with Crippen molar-refractivity contribution in [2.75, 3.05) is 39.2 Å². The molecule has 1 aliphatic rings. The number of hydrogen-bond acceptors (Lipinski definition) is 9. The van der Waals surface area contributed by atoms with Gasteiger partial charge in [-0.1, -0.05) is 11.6 Å². The Balaban J connectivity index is 1.47. The zero-order valence-electron chi connectivity index (χ0n) is 19.3. The van der Waals surface area contributed by atoms with Crippen LogP contribution in [0.15, 0.2) is 36.7 Å². The minimum absolute atomic E-state index is 0.000914. The van der Waals surface area contributed by atoms with E-state index < -0.39 is 18.0 Å². The second-order valence-electron chi connectivity index (χ2n) is 8.12. The number of likely N-dealkylation sites (tertiary alicyclic amines) is 1. The highest BCUT2D eigenvalue weighted by Crippen LogP contribution is 2.35. The van der Waals surface area contributed by atoms with Crippen molar-refractivity contribution in [3.63, 3.8) is 0 Å². The highest BCUT2D eigenvalue weighted by Gasteiger charge is 2.36. The van der Waals surface area contributed by atoms with Crippen molar-refractivity contribution in [2.45, 2.75) is 25.0 Å². The number of esters is 1. The number of methoxy groups -OCH3 is 2. The summed E-state index contributed by atoms with van der Waals surface area (Å²) in [6, 6.07) is 7.39. The number of carbonyl (C=O) groups excluding carboxylic acids is 1. The molecule has 1 aromatic heterocycles. The summed E-state index contributed by atoms with van der Waals surface area (Å²) in [5, 5.41) is 13.8. The predicted octanol–water partition coefficient (Wildman–Crippen LogP) is 3.55. The SMILES string of the molecule is COC(=O)[C@@H]1C[C@@H](O)CN1CCCOc1cc2c(Nc3ccc(F)c(Cl)c3)ncnc2cc1OC. The van der Waals surface area contributed by atoms with Crippen LogP contribution in [0.1, 0.15) is 12.8 Å². The van der Waals surface area contributed by atoms with Crippen molar-refractivity contribution in [3.8, 4) is 11.5 Å². The molecular weight excluding hydrogens is 479 g/mol. The molecule has 4 rings (SSSR count). The van der Waals surface area contributed by atoms with Crippen LogP contribution < -0.4 is 14.8 Å². The highest BCUT2D eigenvalue weighted by molar-refractivity contribution is 6.31. The van der Waals surface area contributed by atoms with Crippen LogP contribution in [0, 0.1) is 5.82 Å². The minimum atomic E-state index is -0.553. The van der Waals surface area contributed by atoms with Gasteiger partial charge < -0.3 is 24.6 Å². The second kappa shape index (κ2) is 11.0. The molecule has 2 heterocycles. The Kier molecular flexibility index (Phi) is 7.84. The number of rotatable bonds is 9. The number of aliphatic hydroxyl groups excluding tert-OH is 1. The summed E-state index contributed by atoms with van der Waals surface area (Å²) >= 11 is 5.90. The number of β-amino-alcohol motifs (C(OH)–C–C–N with tert-alkyl or cyclic N) is 1. The molecular formula is C24H26ClFN4O5. The fourth-order valence-electron chi connectivity index (χ4n) is 4.10. The standard InChI is InChI=1S/C24H26ClFN4O5/c1-33-21-11-19-16(23(28-13-27-19)29-14-4-5-18(26)17(25)8-14)10-22(21)35-7-3-6-30-12-15(31)9-20(30)24(32)34-2/h4-5,8,10-11,13,15,20,31H,3,6-7,9,12H2,1-2H3,(H,27,28,29)/t15-,20+/m1/s1. The number of nitrogens with one attached hydrogen (secondary N) is 1. The van der Waals surface area contributed by atoms with Crippen molar-refractivity contribution < 1.29 is 28.5 Å². The molecule has 11 heteroatoms. The third-order valence-corrected chi connectivity index (χ3v) is 6.09. The topological polar surface area (TPSA) is 106 Å². The van der Waals surface area contributed by atoms with E-state index in [9.17, 15) is 14.3 Å². The van der Waals surface area contributed by atoms with Gasteiger partial charge in [-0.2, -0.15) is 0 Å². The lowest BCUT2D eigenvalue weighted by molar-refractivity contribution is -0.145. The van der Waals surface area contributed by atoms with Gasteiger partial charge in [0.15, 0.2) is 11.5 Å². The van der Waals surface area contributed by atoms with Crippen LogP contribution in [-0.2, 0) is 9.53 Å². The minimum Gasteiger partial charge on any atom is -0.493 e. The van der Waals surface area contributed by atoms with Crippen molar-refractivity contribution >= 4 is 40.0 Å². The Hall–Kier alpha value is -3.21. The maximum Gasteiger partial charge on any atom is 0.323 e. The van der Waals surface area contributed by atoms with Crippen LogP contribution in [-0.4, -0.2) is 72.0 Å². The zero-order valence-corrected chi connectivity index (χ0v) is 20.1. The normalized spacial score (nSPS) is 18.0. The fourth-order valence-corrected chi connectivity index (χ4v) is 4.28. The monoisotopic (exact) mass is 504 g/mol. The molecule has 0 bridgehead atoms. The molecule has 2 atom stereocenters. The number of aromatic nitrogens is 2. The van der Waals surface area contributed by atoms with Crippen molar-refractivity contribution in [3.05, 3.63) is 47.5 Å². The molecule has 0 unspecified atom stereocenters. The molecule has 2 N–H and O–H groups in total. The molecule has 2 aromatic carbocycles. The van der Waals surface area contributed by atoms with Crippen LogP contribution in [0.2, 0.25) is 5.02 Å². The Morgan fingerprint density at radius 3 is 2.83 bits per heavy atom. The average molecular weight is 505 g/mol. The van der Waals surface area contributed by atoms with E-state index in [0.717, 1.165) is 0 Å². The van der Waals surface area contributed by atoms with E-state index in [1.54, 1.807) is 25.3 Å². The van der Waals surface area contributed by atoms with Gasteiger partial charge in [0.25, 0.3) is 0 Å². The van der Waals surface area contributed by atoms with Gasteiger partial charge in [0.1, 0.15) is 24.0 Å². The second-order valence-corrected chi connectivity index (χ2v) is 8.53. The van der Waals surface area contributed by atoms with Gasteiger partial charge in [0, 0.05) is 36.7 Å². The highest BCUT2D eigenvalue weighted by atomic mass is 35.5. The van der Waals surface area contributed by atoms with Gasteiger partial charge in [-0.25, -0.2) is 14.4 Å². The summed E-state index contributed by atoms with van der Waals surface area (Å²) in [6.07, 6.45) is 1.84. The van der Waals surface area contributed by atoms with Crippen molar-refractivity contribution in [1.29, 1.82) is 0 Å². The fraction of sp³-hybridized carbons (Fsp3) is 0.375. The lowest BCUT2D eigenvalue weighted by Gasteiger charge is -2.22. The third-order valence-electron chi connectivity index (χ3n) is 5.80. The largest absolute Gasteiger partial charge is 0.493 e. The van der Waals surface area contributed by atoms with Crippen molar-refractivity contribution in [1.82, 2.24) is 14.9 Å². The lowest BCUT2D eigenvalue weighted by Crippen LogP contribution is -2.37. The summed E-state index contributed by atoms with van der Waals surface area (Å²) in [5.74, 6) is 0.654. The van der Waals surface area contributed by atoms with Gasteiger partial charge >= 0.3 is 5.97 Å². The van der Waals surface area contributed by atoms with Crippen LogP contribution in [0.5, 0.6) is 11.5 Å². The lowest BCUT2D eigenvalue weighted by atomic mass is 10.2. The van der Waals surface area contributed by atoms with Gasteiger partial charge in [0.05, 0.1) is 37.5 Å². The molecule has 0 spiro atoms. The van der Waals surface area contributed by atoms with Gasteiger partial charge in [-0.05, 0) is 30.7 Å². The Morgan fingerprint density at radius 2 is 2.09 bits per heavy atom. The molecule has 1 saturated heterocycles. The molecule has 3 aromatic rings. The van der Waals surface area contributed by atoms with E-state index in [4.69, 9.17) is 25.8 Å². The Morgan fingerprint density at radius 1 is 1.26 bits per heavy atom. The Bertz CT molecular complexity index is 1210. The summed E-state index contributed by atoms with van der Waals surface area (Å²) in [6.45, 7) is 1.33. The number of fused-ring (bicyclic) bond motifs is 1. The van der Waals surface area contributed by atoms with E-state index in [-0.39, 0.29) is 11.0 Å². The van der Waals surface area contributed by atoms with Gasteiger partial charge in [0.2, 0.25) is 0 Å². The first kappa shape index (κ1) is 24.9. The van der Waals surface area contributed by atoms with E-state index in [0.29, 0.717) is 66.4 Å². The molecule has 0 aliphatic carbocycles. The number of anilines is 2. The van der Waals surface area contributed by atoms with Crippen LogP contribution in [0.3, 0.4) is 0 Å². The quantitative estimate of drug-likeness (QED) is 0.334. The average Bonchev–Trinajstić information content (AvgIpc) is 3.23. The molecule has 0 amide bonds. The third kappa shape index (κ3) is 5.72. The van der Waals surface area contributed by atoms with E-state index in [1.165, 1.54) is 25.6 Å². The molecule has 1 fully saturated rings. The summed E-state index contributed by atoms with van der Waals surface area (Å²) in [4.78, 5) is 22.5. The van der Waals surface area contributed by atoms with E-state index >= 15 is 0 Å². The summed E-state index contributed by atoms with van der Waals surface area (Å²) in [7, 11) is 2.89. The molecule has 186 valence electrons. The Labute approximate surface area is 206 Å². The summed E-state index contributed by atoms with van der Waals surface area (Å²) in [5.41, 5.74) is 1.20. The van der Waals surface area contributed by atoms with Crippen LogP contribution >= 0.6 is 11.6 Å². The molecule has 35 heavy (non-hydrogen) atoms. The van der Waals surface area contributed by atoms with E-state index in [2.05, 4.69) is 15.3 Å².